The lowest BCUT2D eigenvalue weighted by Gasteiger charge is -2.21. The minimum absolute atomic E-state index is 0.244. The smallest absolute Gasteiger partial charge is 0.328 e. The summed E-state index contributed by atoms with van der Waals surface area (Å²) >= 11 is 1.64. The van der Waals surface area contributed by atoms with Crippen LogP contribution in [0.4, 0.5) is 0 Å². The van der Waals surface area contributed by atoms with Crippen molar-refractivity contribution < 1.29 is 14.3 Å². The minimum Gasteiger partial charge on any atom is -0.467 e. The fourth-order valence-corrected chi connectivity index (χ4v) is 6.08. The largest absolute Gasteiger partial charge is 0.467 e. The molecule has 2 N–H and O–H groups in total. The molecule has 0 unspecified atom stereocenters. The maximum Gasteiger partial charge on any atom is 0.328 e. The van der Waals surface area contributed by atoms with Crippen molar-refractivity contribution in [2.75, 3.05) is 32.2 Å². The molecule has 1 saturated carbocycles. The second-order valence-corrected chi connectivity index (χ2v) is 11.9. The molecule has 5 nitrogen and oxygen atoms in total. The highest BCUT2D eigenvalue weighted by atomic mass is 32.2. The third-order valence-electron chi connectivity index (χ3n) is 7.93. The molecule has 0 saturated heterocycles. The van der Waals surface area contributed by atoms with Crippen LogP contribution in [0.3, 0.4) is 0 Å². The van der Waals surface area contributed by atoms with Crippen molar-refractivity contribution >= 4 is 23.6 Å². The monoisotopic (exact) mass is 552 g/mol. The minimum atomic E-state index is -0.659. The van der Waals surface area contributed by atoms with E-state index in [1.165, 1.54) is 64.0 Å². The molecule has 1 amide bonds. The van der Waals surface area contributed by atoms with Crippen LogP contribution in [0.1, 0.15) is 85.7 Å². The summed E-state index contributed by atoms with van der Waals surface area (Å²) < 4.78 is 4.94. The van der Waals surface area contributed by atoms with E-state index in [9.17, 15) is 9.59 Å². The molecule has 2 aromatic rings. The first kappa shape index (κ1) is 31.2. The van der Waals surface area contributed by atoms with E-state index in [4.69, 9.17) is 4.74 Å². The van der Waals surface area contributed by atoms with Crippen LogP contribution < -0.4 is 10.6 Å². The van der Waals surface area contributed by atoms with Crippen molar-refractivity contribution in [1.29, 1.82) is 0 Å². The quantitative estimate of drug-likeness (QED) is 0.174. The van der Waals surface area contributed by atoms with Gasteiger partial charge < -0.3 is 15.4 Å². The summed E-state index contributed by atoms with van der Waals surface area (Å²) in [6.45, 7) is 4.16. The predicted octanol–water partition coefficient (Wildman–Crippen LogP) is 6.96. The number of methoxy groups -OCH3 is 1. The molecule has 2 aromatic carbocycles. The Morgan fingerprint density at radius 2 is 1.77 bits per heavy atom. The zero-order valence-electron chi connectivity index (χ0n) is 24.2. The molecule has 0 bridgehead atoms. The van der Waals surface area contributed by atoms with Crippen LogP contribution in [0.2, 0.25) is 0 Å². The van der Waals surface area contributed by atoms with Gasteiger partial charge in [-0.2, -0.15) is 11.8 Å². The first-order valence-corrected chi connectivity index (χ1v) is 16.2. The molecule has 3 rings (SSSR count). The lowest BCUT2D eigenvalue weighted by Crippen LogP contribution is -2.42. The summed E-state index contributed by atoms with van der Waals surface area (Å²) in [7, 11) is 1.36. The number of carbonyl (C=O) groups excluding carboxylic acids is 2. The van der Waals surface area contributed by atoms with Crippen LogP contribution in [0.15, 0.2) is 42.5 Å². The van der Waals surface area contributed by atoms with Crippen LogP contribution in [-0.2, 0) is 16.0 Å². The summed E-state index contributed by atoms with van der Waals surface area (Å²) in [4.78, 5) is 25.7. The number of rotatable bonds is 16. The highest BCUT2D eigenvalue weighted by molar-refractivity contribution is 7.98. The molecule has 1 atom stereocenters. The Balaban J connectivity index is 1.58. The fourth-order valence-electron chi connectivity index (χ4n) is 5.61. The molecule has 39 heavy (non-hydrogen) atoms. The van der Waals surface area contributed by atoms with Gasteiger partial charge >= 0.3 is 5.97 Å². The van der Waals surface area contributed by atoms with E-state index >= 15 is 0 Å². The van der Waals surface area contributed by atoms with E-state index < -0.39 is 12.0 Å². The maximum atomic E-state index is 13.4. The number of esters is 1. The van der Waals surface area contributed by atoms with E-state index in [2.05, 4.69) is 41.8 Å². The number of carbonyl (C=O) groups is 2. The first-order valence-electron chi connectivity index (χ1n) is 14.8. The van der Waals surface area contributed by atoms with Crippen LogP contribution in [-0.4, -0.2) is 50.1 Å². The van der Waals surface area contributed by atoms with E-state index in [1.807, 2.05) is 24.5 Å². The number of hydrogen-bond acceptors (Lipinski definition) is 5. The normalized spacial score (nSPS) is 14.6. The van der Waals surface area contributed by atoms with Crippen molar-refractivity contribution in [2.24, 2.45) is 5.92 Å². The standard InChI is InChI=1S/C33H48N2O3S/c1-25-12-7-8-17-28(25)30-24-27(16-11-22-34-21-10-9-15-26-13-5-4-6-14-26)18-19-29(30)32(36)35-31(20-23-39-3)33(37)38-2/h7-8,12,17-19,24,26,31,34H,4-6,9-11,13-16,20-23H2,1-3H3,(H,35,36)/t31-/m0/s1. The Hall–Kier alpha value is -2.31. The van der Waals surface area contributed by atoms with Crippen LogP contribution in [0.25, 0.3) is 11.1 Å². The number of benzene rings is 2. The molecule has 0 aliphatic heterocycles. The van der Waals surface area contributed by atoms with Gasteiger partial charge in [0, 0.05) is 5.56 Å². The average molecular weight is 553 g/mol. The third-order valence-corrected chi connectivity index (χ3v) is 8.57. The topological polar surface area (TPSA) is 67.4 Å². The molecule has 6 heteroatoms. The van der Waals surface area contributed by atoms with E-state index in [0.717, 1.165) is 54.3 Å². The van der Waals surface area contributed by atoms with Gasteiger partial charge in [0.25, 0.3) is 5.91 Å². The van der Waals surface area contributed by atoms with Crippen molar-refractivity contribution in [3.8, 4) is 11.1 Å². The number of aryl methyl sites for hydroxylation is 2. The number of unbranched alkanes of at least 4 members (excludes halogenated alkanes) is 1. The molecular weight excluding hydrogens is 504 g/mol. The number of amides is 1. The number of hydrogen-bond donors (Lipinski definition) is 2. The van der Waals surface area contributed by atoms with Crippen molar-refractivity contribution in [3.05, 3.63) is 59.2 Å². The zero-order chi connectivity index (χ0) is 27.9. The summed E-state index contributed by atoms with van der Waals surface area (Å²) in [5, 5.41) is 6.55. The van der Waals surface area contributed by atoms with Crippen LogP contribution in [0, 0.1) is 12.8 Å². The van der Waals surface area contributed by atoms with Crippen molar-refractivity contribution in [2.45, 2.75) is 83.6 Å². The van der Waals surface area contributed by atoms with Gasteiger partial charge in [-0.05, 0) is 91.9 Å². The van der Waals surface area contributed by atoms with Crippen molar-refractivity contribution in [3.63, 3.8) is 0 Å². The Kier molecular flexibility index (Phi) is 13.9. The van der Waals surface area contributed by atoms with Crippen molar-refractivity contribution in [1.82, 2.24) is 10.6 Å². The summed E-state index contributed by atoms with van der Waals surface area (Å²) in [5.41, 5.74) is 4.87. The van der Waals surface area contributed by atoms with E-state index in [-0.39, 0.29) is 5.91 Å². The number of thioether (sulfide) groups is 1. The third kappa shape index (κ3) is 10.3. The molecule has 0 radical (unpaired) electrons. The Morgan fingerprint density at radius 1 is 1.00 bits per heavy atom. The Bertz CT molecular complexity index is 1040. The van der Waals surface area contributed by atoms with Gasteiger partial charge in [0.05, 0.1) is 7.11 Å². The Morgan fingerprint density at radius 3 is 2.51 bits per heavy atom. The fraction of sp³-hybridized carbons (Fsp3) is 0.576. The number of nitrogens with one attached hydrogen (secondary N) is 2. The maximum absolute atomic E-state index is 13.4. The molecule has 1 aliphatic rings. The van der Waals surface area contributed by atoms with Gasteiger partial charge in [0.15, 0.2) is 0 Å². The molecule has 1 fully saturated rings. The summed E-state index contributed by atoms with van der Waals surface area (Å²) in [5.74, 6) is 1.09. The molecule has 0 aromatic heterocycles. The highest BCUT2D eigenvalue weighted by Crippen LogP contribution is 2.29. The molecular formula is C33H48N2O3S. The van der Waals surface area contributed by atoms with E-state index in [1.54, 1.807) is 11.8 Å². The molecule has 1 aliphatic carbocycles. The van der Waals surface area contributed by atoms with Gasteiger partial charge in [0.2, 0.25) is 0 Å². The number of ether oxygens (including phenoxy) is 1. The van der Waals surface area contributed by atoms with Gasteiger partial charge in [-0.15, -0.1) is 0 Å². The Labute approximate surface area is 240 Å². The lowest BCUT2D eigenvalue weighted by molar-refractivity contribution is -0.142. The summed E-state index contributed by atoms with van der Waals surface area (Å²) in [6.07, 6.45) is 15.7. The lowest BCUT2D eigenvalue weighted by atomic mass is 9.86. The van der Waals surface area contributed by atoms with Gasteiger partial charge in [-0.25, -0.2) is 4.79 Å². The molecule has 0 heterocycles. The van der Waals surface area contributed by atoms with Gasteiger partial charge in [-0.1, -0.05) is 81.3 Å². The molecule has 214 valence electrons. The van der Waals surface area contributed by atoms with E-state index in [0.29, 0.717) is 12.0 Å². The highest BCUT2D eigenvalue weighted by Gasteiger charge is 2.24. The zero-order valence-corrected chi connectivity index (χ0v) is 25.0. The second-order valence-electron chi connectivity index (χ2n) is 10.9. The summed E-state index contributed by atoms with van der Waals surface area (Å²) in [6, 6.07) is 13.6. The van der Waals surface area contributed by atoms with Crippen LogP contribution >= 0.6 is 11.8 Å². The van der Waals surface area contributed by atoms with Crippen LogP contribution in [0.5, 0.6) is 0 Å². The average Bonchev–Trinajstić information content (AvgIpc) is 2.96. The predicted molar refractivity (Wildman–Crippen MR) is 165 cm³/mol. The second kappa shape index (κ2) is 17.4. The van der Waals surface area contributed by atoms with Gasteiger partial charge in [0.1, 0.15) is 6.04 Å². The molecule has 0 spiro atoms. The first-order chi connectivity index (χ1) is 19.0. The SMILES string of the molecule is COC(=O)[C@H](CCSC)NC(=O)c1ccc(CCCNCCCCC2CCCCC2)cc1-c1ccccc1C. The van der Waals surface area contributed by atoms with Gasteiger partial charge in [-0.3, -0.25) is 4.79 Å².